The van der Waals surface area contributed by atoms with E-state index in [0.29, 0.717) is 19.0 Å². The normalized spacial score (nSPS) is 29.3. The summed E-state index contributed by atoms with van der Waals surface area (Å²) in [6.07, 6.45) is 4.86. The molecule has 19 heavy (non-hydrogen) atoms. The van der Waals surface area contributed by atoms with Crippen LogP contribution in [-0.4, -0.2) is 60.4 Å². The fourth-order valence-electron chi connectivity index (χ4n) is 2.98. The predicted octanol–water partition coefficient (Wildman–Crippen LogP) is 0.598. The molecule has 0 aliphatic carbocycles. The molecule has 0 radical (unpaired) electrons. The number of carbonyl (C=O) groups is 2. The number of likely N-dealkylation sites (tertiary alicyclic amines) is 2. The van der Waals surface area contributed by atoms with Gasteiger partial charge in [0.05, 0.1) is 12.5 Å². The standard InChI is InChI=1S/C14H25N3O2/c1-3-7-17-13(18)9-12(14(17)19)15-10-11-6-4-5-8-16(11)2/h11-12,15H,3-10H2,1-2H3. The van der Waals surface area contributed by atoms with E-state index in [9.17, 15) is 9.59 Å². The lowest BCUT2D eigenvalue weighted by molar-refractivity contribution is -0.138. The van der Waals surface area contributed by atoms with Crippen LogP contribution in [0.3, 0.4) is 0 Å². The van der Waals surface area contributed by atoms with E-state index in [0.717, 1.165) is 19.5 Å². The number of hydrogen-bond acceptors (Lipinski definition) is 4. The third-order valence-electron chi connectivity index (χ3n) is 4.21. The predicted molar refractivity (Wildman–Crippen MR) is 73.7 cm³/mol. The van der Waals surface area contributed by atoms with Crippen LogP contribution in [0, 0.1) is 0 Å². The third-order valence-corrected chi connectivity index (χ3v) is 4.21. The largest absolute Gasteiger partial charge is 0.304 e. The summed E-state index contributed by atoms with van der Waals surface area (Å²) in [5, 5.41) is 3.30. The van der Waals surface area contributed by atoms with Gasteiger partial charge in [0.25, 0.3) is 0 Å². The molecule has 5 nitrogen and oxygen atoms in total. The van der Waals surface area contributed by atoms with Crippen molar-refractivity contribution in [3.8, 4) is 0 Å². The van der Waals surface area contributed by atoms with Crippen molar-refractivity contribution < 1.29 is 9.59 Å². The molecule has 0 aromatic rings. The van der Waals surface area contributed by atoms with Crippen molar-refractivity contribution in [2.24, 2.45) is 0 Å². The first-order valence-electron chi connectivity index (χ1n) is 7.41. The van der Waals surface area contributed by atoms with Crippen LogP contribution in [-0.2, 0) is 9.59 Å². The van der Waals surface area contributed by atoms with Gasteiger partial charge >= 0.3 is 0 Å². The van der Waals surface area contributed by atoms with E-state index >= 15 is 0 Å². The molecule has 2 heterocycles. The van der Waals surface area contributed by atoms with Crippen LogP contribution in [0.1, 0.15) is 39.0 Å². The first-order chi connectivity index (χ1) is 9.13. The van der Waals surface area contributed by atoms with Gasteiger partial charge in [0.1, 0.15) is 0 Å². The van der Waals surface area contributed by atoms with Crippen LogP contribution in [0.25, 0.3) is 0 Å². The van der Waals surface area contributed by atoms with Crippen LogP contribution in [0.15, 0.2) is 0 Å². The first kappa shape index (κ1) is 14.5. The first-order valence-corrected chi connectivity index (χ1v) is 7.41. The number of amides is 2. The molecule has 2 saturated heterocycles. The zero-order valence-corrected chi connectivity index (χ0v) is 12.0. The van der Waals surface area contributed by atoms with Crippen molar-refractivity contribution in [2.75, 3.05) is 26.7 Å². The molecule has 2 rings (SSSR count). The smallest absolute Gasteiger partial charge is 0.246 e. The van der Waals surface area contributed by atoms with Gasteiger partial charge in [-0.25, -0.2) is 0 Å². The molecule has 0 aromatic heterocycles. The van der Waals surface area contributed by atoms with Gasteiger partial charge in [0.15, 0.2) is 0 Å². The summed E-state index contributed by atoms with van der Waals surface area (Å²) < 4.78 is 0. The molecule has 2 fully saturated rings. The Bertz CT molecular complexity index is 346. The number of piperidine rings is 1. The summed E-state index contributed by atoms with van der Waals surface area (Å²) in [5.41, 5.74) is 0. The van der Waals surface area contributed by atoms with E-state index in [-0.39, 0.29) is 17.9 Å². The molecule has 0 aromatic carbocycles. The average Bonchev–Trinajstić information content (AvgIpc) is 2.66. The van der Waals surface area contributed by atoms with Gasteiger partial charge in [0.2, 0.25) is 11.8 Å². The summed E-state index contributed by atoms with van der Waals surface area (Å²) in [6.45, 7) is 4.48. The molecule has 1 N–H and O–H groups in total. The summed E-state index contributed by atoms with van der Waals surface area (Å²) in [6, 6.07) is 0.200. The van der Waals surface area contributed by atoms with Gasteiger partial charge in [0, 0.05) is 19.1 Å². The minimum absolute atomic E-state index is 0.0265. The van der Waals surface area contributed by atoms with Crippen molar-refractivity contribution in [3.05, 3.63) is 0 Å². The van der Waals surface area contributed by atoms with E-state index in [1.54, 1.807) is 0 Å². The summed E-state index contributed by atoms with van der Waals surface area (Å²) in [7, 11) is 2.14. The Morgan fingerprint density at radius 3 is 2.79 bits per heavy atom. The molecular weight excluding hydrogens is 242 g/mol. The minimum atomic E-state index is -0.297. The molecule has 0 spiro atoms. The molecule has 2 atom stereocenters. The van der Waals surface area contributed by atoms with Gasteiger partial charge in [-0.3, -0.25) is 14.5 Å². The minimum Gasteiger partial charge on any atom is -0.304 e. The molecule has 0 bridgehead atoms. The van der Waals surface area contributed by atoms with Gasteiger partial charge in [-0.15, -0.1) is 0 Å². The monoisotopic (exact) mass is 267 g/mol. The van der Waals surface area contributed by atoms with Crippen molar-refractivity contribution in [2.45, 2.75) is 51.1 Å². The Kier molecular flexibility index (Phi) is 4.93. The Morgan fingerprint density at radius 2 is 2.11 bits per heavy atom. The Morgan fingerprint density at radius 1 is 1.32 bits per heavy atom. The van der Waals surface area contributed by atoms with Gasteiger partial charge in [-0.1, -0.05) is 13.3 Å². The highest BCUT2D eigenvalue weighted by Gasteiger charge is 2.38. The van der Waals surface area contributed by atoms with Crippen LogP contribution in [0.2, 0.25) is 0 Å². The maximum atomic E-state index is 12.1. The lowest BCUT2D eigenvalue weighted by atomic mass is 10.0. The summed E-state index contributed by atoms with van der Waals surface area (Å²) in [4.78, 5) is 27.6. The summed E-state index contributed by atoms with van der Waals surface area (Å²) >= 11 is 0. The van der Waals surface area contributed by atoms with Crippen molar-refractivity contribution in [3.63, 3.8) is 0 Å². The molecule has 5 heteroatoms. The van der Waals surface area contributed by atoms with Crippen molar-refractivity contribution in [1.82, 2.24) is 15.1 Å². The Balaban J connectivity index is 1.83. The highest BCUT2D eigenvalue weighted by atomic mass is 16.2. The zero-order chi connectivity index (χ0) is 13.8. The fraction of sp³-hybridized carbons (Fsp3) is 0.857. The molecule has 2 unspecified atom stereocenters. The quantitative estimate of drug-likeness (QED) is 0.741. The molecule has 2 amide bonds. The lowest BCUT2D eigenvalue weighted by Crippen LogP contribution is -2.47. The number of rotatable bonds is 5. The van der Waals surface area contributed by atoms with E-state index in [1.165, 1.54) is 24.2 Å². The molecule has 2 aliphatic heterocycles. The number of likely N-dealkylation sites (N-methyl/N-ethyl adjacent to an activating group) is 1. The van der Waals surface area contributed by atoms with Crippen LogP contribution in [0.4, 0.5) is 0 Å². The maximum Gasteiger partial charge on any atom is 0.246 e. The van der Waals surface area contributed by atoms with Gasteiger partial charge in [-0.2, -0.15) is 0 Å². The topological polar surface area (TPSA) is 52.7 Å². The van der Waals surface area contributed by atoms with Crippen LogP contribution >= 0.6 is 0 Å². The van der Waals surface area contributed by atoms with Crippen LogP contribution in [0.5, 0.6) is 0 Å². The zero-order valence-electron chi connectivity index (χ0n) is 12.0. The number of hydrogen-bond donors (Lipinski definition) is 1. The van der Waals surface area contributed by atoms with E-state index in [4.69, 9.17) is 0 Å². The van der Waals surface area contributed by atoms with Gasteiger partial charge < -0.3 is 10.2 Å². The number of nitrogens with zero attached hydrogens (tertiary/aromatic N) is 2. The van der Waals surface area contributed by atoms with E-state index in [1.807, 2.05) is 6.92 Å². The maximum absolute atomic E-state index is 12.1. The van der Waals surface area contributed by atoms with Crippen LogP contribution < -0.4 is 5.32 Å². The molecule has 0 saturated carbocycles. The van der Waals surface area contributed by atoms with E-state index < -0.39 is 0 Å². The molecular formula is C14H25N3O2. The molecule has 2 aliphatic rings. The Labute approximate surface area is 115 Å². The second-order valence-electron chi connectivity index (χ2n) is 5.68. The molecule has 108 valence electrons. The van der Waals surface area contributed by atoms with Crippen molar-refractivity contribution >= 4 is 11.8 Å². The van der Waals surface area contributed by atoms with E-state index in [2.05, 4.69) is 17.3 Å². The SMILES string of the molecule is CCCN1C(=O)CC(NCC2CCCCN2C)C1=O. The highest BCUT2D eigenvalue weighted by Crippen LogP contribution is 2.17. The number of carbonyl (C=O) groups excluding carboxylic acids is 2. The van der Waals surface area contributed by atoms with Gasteiger partial charge in [-0.05, 0) is 32.9 Å². The second kappa shape index (κ2) is 6.48. The lowest BCUT2D eigenvalue weighted by Gasteiger charge is -2.33. The second-order valence-corrected chi connectivity index (χ2v) is 5.68. The summed E-state index contributed by atoms with van der Waals surface area (Å²) in [5.74, 6) is -0.0633. The highest BCUT2D eigenvalue weighted by molar-refractivity contribution is 6.05. The average molecular weight is 267 g/mol. The number of nitrogens with one attached hydrogen (secondary N) is 1. The fourth-order valence-corrected chi connectivity index (χ4v) is 2.98. The van der Waals surface area contributed by atoms with Crippen molar-refractivity contribution in [1.29, 1.82) is 0 Å². The Hall–Kier alpha value is -0.940. The number of imide groups is 1. The third kappa shape index (κ3) is 3.34.